The van der Waals surface area contributed by atoms with Gasteiger partial charge in [-0.05, 0) is 26.1 Å². The van der Waals surface area contributed by atoms with E-state index in [1.165, 1.54) is 0 Å². The number of halogens is 1. The number of rotatable bonds is 4. The van der Waals surface area contributed by atoms with E-state index < -0.39 is 11.6 Å². The highest BCUT2D eigenvalue weighted by Gasteiger charge is 2.34. The molecule has 1 fully saturated rings. The number of nitriles is 1. The molecule has 2 atom stereocenters. The maximum absolute atomic E-state index is 13.9. The molecular weight excluding hydrogens is 291 g/mol. The minimum absolute atomic E-state index is 0.152. The summed E-state index contributed by atoms with van der Waals surface area (Å²) < 4.78 is 13.9. The lowest BCUT2D eigenvalue weighted by Gasteiger charge is -2.24. The topological polar surface area (TPSA) is 51.8 Å². The molecular formula is C18H21FN4. The van der Waals surface area contributed by atoms with Gasteiger partial charge in [-0.15, -0.1) is 0 Å². The highest BCUT2D eigenvalue weighted by Crippen LogP contribution is 2.34. The molecule has 120 valence electrons. The Balaban J connectivity index is 2.32. The minimum Gasteiger partial charge on any atom is -0.284 e. The molecule has 1 aliphatic heterocycles. The van der Waals surface area contributed by atoms with Crippen molar-refractivity contribution >= 4 is 12.6 Å². The molecule has 1 saturated heterocycles. The standard InChI is InChI=1S/C18H21FN4/c1-13(18(2,3)12-20)17(21-4)22-23-11-15(19)10-16(23)14-8-6-5-7-9-14/h5-9,15-16H,1,4,10-11H2,2-3H3/b22-17-. The smallest absolute Gasteiger partial charge is 0.175 e. The van der Waals surface area contributed by atoms with Gasteiger partial charge in [0.2, 0.25) is 0 Å². The second-order valence-electron chi connectivity index (χ2n) is 6.18. The van der Waals surface area contributed by atoms with Crippen molar-refractivity contribution < 1.29 is 4.39 Å². The lowest BCUT2D eigenvalue weighted by molar-refractivity contribution is 0.257. The van der Waals surface area contributed by atoms with Gasteiger partial charge in [0, 0.05) is 12.0 Å². The number of alkyl halides is 1. The molecule has 1 aromatic carbocycles. The quantitative estimate of drug-likeness (QED) is 0.625. The number of nitrogens with zero attached hydrogens (tertiary/aromatic N) is 4. The van der Waals surface area contributed by atoms with Crippen LogP contribution in [0.15, 0.2) is 52.6 Å². The van der Waals surface area contributed by atoms with Gasteiger partial charge in [-0.1, -0.05) is 36.9 Å². The Hall–Kier alpha value is -2.48. The molecule has 0 radical (unpaired) electrons. The van der Waals surface area contributed by atoms with Crippen LogP contribution in [0.3, 0.4) is 0 Å². The van der Waals surface area contributed by atoms with Crippen LogP contribution in [-0.4, -0.2) is 30.3 Å². The third-order valence-electron chi connectivity index (χ3n) is 4.09. The van der Waals surface area contributed by atoms with Crippen LogP contribution in [0, 0.1) is 16.7 Å². The summed E-state index contributed by atoms with van der Waals surface area (Å²) in [5, 5.41) is 15.4. The molecule has 4 nitrogen and oxygen atoms in total. The van der Waals surface area contributed by atoms with Gasteiger partial charge >= 0.3 is 0 Å². The largest absolute Gasteiger partial charge is 0.284 e. The highest BCUT2D eigenvalue weighted by atomic mass is 19.1. The zero-order valence-corrected chi connectivity index (χ0v) is 13.5. The molecule has 5 heteroatoms. The Morgan fingerprint density at radius 2 is 2.04 bits per heavy atom. The molecule has 0 N–H and O–H groups in total. The van der Waals surface area contributed by atoms with Crippen molar-refractivity contribution in [2.45, 2.75) is 32.5 Å². The molecule has 0 saturated carbocycles. The van der Waals surface area contributed by atoms with Gasteiger partial charge in [-0.25, -0.2) is 9.38 Å². The lowest BCUT2D eigenvalue weighted by atomic mass is 9.86. The summed E-state index contributed by atoms with van der Waals surface area (Å²) >= 11 is 0. The number of hydrazone groups is 1. The van der Waals surface area contributed by atoms with E-state index in [2.05, 4.69) is 29.5 Å². The summed E-state index contributed by atoms with van der Waals surface area (Å²) in [5.41, 5.74) is 0.672. The first-order valence-corrected chi connectivity index (χ1v) is 7.51. The van der Waals surface area contributed by atoms with Gasteiger partial charge in [0.1, 0.15) is 6.17 Å². The lowest BCUT2D eigenvalue weighted by Crippen LogP contribution is -2.24. The van der Waals surface area contributed by atoms with E-state index in [-0.39, 0.29) is 18.4 Å². The molecule has 1 aromatic rings. The van der Waals surface area contributed by atoms with E-state index in [9.17, 15) is 9.65 Å². The first kappa shape index (κ1) is 16.9. The molecule has 1 aliphatic rings. The van der Waals surface area contributed by atoms with Crippen molar-refractivity contribution in [2.24, 2.45) is 15.5 Å². The maximum Gasteiger partial charge on any atom is 0.175 e. The first-order chi connectivity index (χ1) is 10.9. The second-order valence-corrected chi connectivity index (χ2v) is 6.18. The predicted octanol–water partition coefficient (Wildman–Crippen LogP) is 3.89. The molecule has 23 heavy (non-hydrogen) atoms. The minimum atomic E-state index is -0.952. The van der Waals surface area contributed by atoms with E-state index in [0.717, 1.165) is 5.56 Å². The SMILES string of the molecule is C=N/C(=N\N1CC(F)CC1c1ccccc1)C(=C)C(C)(C)C#N. The maximum atomic E-state index is 13.9. The molecule has 2 unspecified atom stereocenters. The fourth-order valence-electron chi connectivity index (χ4n) is 2.52. The Morgan fingerprint density at radius 3 is 2.61 bits per heavy atom. The Bertz CT molecular complexity index is 657. The molecule has 0 bridgehead atoms. The van der Waals surface area contributed by atoms with Crippen LogP contribution in [0.25, 0.3) is 0 Å². The average Bonchev–Trinajstić information content (AvgIpc) is 2.93. The van der Waals surface area contributed by atoms with E-state index in [1.54, 1.807) is 18.9 Å². The Labute approximate surface area is 136 Å². The Morgan fingerprint density at radius 1 is 1.39 bits per heavy atom. The fraction of sp³-hybridized carbons (Fsp3) is 0.389. The first-order valence-electron chi connectivity index (χ1n) is 7.51. The number of amidine groups is 1. The van der Waals surface area contributed by atoms with Crippen LogP contribution < -0.4 is 0 Å². The van der Waals surface area contributed by atoms with E-state index in [0.29, 0.717) is 12.0 Å². The van der Waals surface area contributed by atoms with Crippen molar-refractivity contribution in [3.8, 4) is 6.07 Å². The third kappa shape index (κ3) is 3.65. The van der Waals surface area contributed by atoms with Crippen LogP contribution in [0.1, 0.15) is 31.9 Å². The highest BCUT2D eigenvalue weighted by molar-refractivity contribution is 6.01. The van der Waals surface area contributed by atoms with Gasteiger partial charge in [0.25, 0.3) is 0 Å². The summed E-state index contributed by atoms with van der Waals surface area (Å²) in [6.07, 6.45) is -0.571. The summed E-state index contributed by atoms with van der Waals surface area (Å²) in [6, 6.07) is 11.7. The van der Waals surface area contributed by atoms with Crippen LogP contribution in [-0.2, 0) is 0 Å². The number of aliphatic imine (C=N–C) groups is 1. The van der Waals surface area contributed by atoms with E-state index in [1.807, 2.05) is 30.3 Å². The summed E-state index contributed by atoms with van der Waals surface area (Å²) in [6.45, 7) is 11.1. The van der Waals surface area contributed by atoms with Crippen molar-refractivity contribution in [3.05, 3.63) is 48.0 Å². The third-order valence-corrected chi connectivity index (χ3v) is 4.09. The van der Waals surface area contributed by atoms with Crippen molar-refractivity contribution in [1.82, 2.24) is 5.01 Å². The monoisotopic (exact) mass is 312 g/mol. The average molecular weight is 312 g/mol. The number of hydrogen-bond donors (Lipinski definition) is 0. The van der Waals surface area contributed by atoms with Gasteiger partial charge in [-0.2, -0.15) is 10.4 Å². The van der Waals surface area contributed by atoms with Crippen LogP contribution >= 0.6 is 0 Å². The van der Waals surface area contributed by atoms with Crippen LogP contribution in [0.2, 0.25) is 0 Å². The Kier molecular flexibility index (Phi) is 4.95. The number of benzene rings is 1. The summed E-state index contributed by atoms with van der Waals surface area (Å²) in [5.74, 6) is 0.284. The summed E-state index contributed by atoms with van der Waals surface area (Å²) in [7, 11) is 0. The normalized spacial score (nSPS) is 21.8. The van der Waals surface area contributed by atoms with Gasteiger partial charge in [0.15, 0.2) is 5.84 Å². The van der Waals surface area contributed by atoms with Gasteiger partial charge in [0.05, 0.1) is 24.1 Å². The van der Waals surface area contributed by atoms with E-state index in [4.69, 9.17) is 0 Å². The van der Waals surface area contributed by atoms with Crippen LogP contribution in [0.5, 0.6) is 0 Å². The predicted molar refractivity (Wildman–Crippen MR) is 90.9 cm³/mol. The molecule has 0 spiro atoms. The molecule has 0 aromatic heterocycles. The van der Waals surface area contributed by atoms with Crippen molar-refractivity contribution in [1.29, 1.82) is 5.26 Å². The van der Waals surface area contributed by atoms with Gasteiger partial charge in [-0.3, -0.25) is 5.01 Å². The van der Waals surface area contributed by atoms with Crippen molar-refractivity contribution in [3.63, 3.8) is 0 Å². The molecule has 1 heterocycles. The second kappa shape index (κ2) is 6.74. The zero-order chi connectivity index (χ0) is 17.0. The number of hydrogen-bond acceptors (Lipinski definition) is 3. The van der Waals surface area contributed by atoms with Crippen LogP contribution in [0.4, 0.5) is 4.39 Å². The zero-order valence-electron chi connectivity index (χ0n) is 13.5. The fourth-order valence-corrected chi connectivity index (χ4v) is 2.52. The molecule has 2 rings (SSSR count). The van der Waals surface area contributed by atoms with E-state index >= 15 is 0 Å². The molecule has 0 aliphatic carbocycles. The van der Waals surface area contributed by atoms with Crippen molar-refractivity contribution in [2.75, 3.05) is 6.54 Å². The van der Waals surface area contributed by atoms with Gasteiger partial charge < -0.3 is 0 Å². The molecule has 0 amide bonds. The summed E-state index contributed by atoms with van der Waals surface area (Å²) in [4.78, 5) is 3.90.